The van der Waals surface area contributed by atoms with Crippen molar-refractivity contribution in [2.75, 3.05) is 20.8 Å². The van der Waals surface area contributed by atoms with Crippen LogP contribution in [0.15, 0.2) is 0 Å². The van der Waals surface area contributed by atoms with E-state index in [0.717, 1.165) is 5.82 Å². The van der Waals surface area contributed by atoms with Crippen LogP contribution in [-0.4, -0.2) is 41.7 Å². The predicted molar refractivity (Wildman–Crippen MR) is 54.8 cm³/mol. The summed E-state index contributed by atoms with van der Waals surface area (Å²) in [6.45, 7) is 3.10. The summed E-state index contributed by atoms with van der Waals surface area (Å²) in [7, 11) is 3.30. The Kier molecular flexibility index (Phi) is 4.24. The normalized spacial score (nSPS) is 13.1. The first-order chi connectivity index (χ1) is 6.69. The van der Waals surface area contributed by atoms with Crippen molar-refractivity contribution in [3.05, 3.63) is 10.6 Å². The van der Waals surface area contributed by atoms with E-state index >= 15 is 0 Å². The number of aryl methyl sites for hydroxylation is 1. The number of nitrogens with one attached hydrogen (secondary N) is 1. The lowest BCUT2D eigenvalue weighted by Crippen LogP contribution is -2.24. The fourth-order valence-electron chi connectivity index (χ4n) is 1.20. The standard InChI is InChI=1S/C8H15N3O2S/c1-6-9-10-8(14)11(6)4-7(13-3)5-12-2/h7H,4-5H2,1-3H3,(H,10,14). The molecule has 14 heavy (non-hydrogen) atoms. The molecule has 0 amide bonds. The van der Waals surface area contributed by atoms with E-state index in [9.17, 15) is 0 Å². The molecule has 0 aliphatic rings. The summed E-state index contributed by atoms with van der Waals surface area (Å²) in [4.78, 5) is 0. The van der Waals surface area contributed by atoms with Crippen molar-refractivity contribution in [2.45, 2.75) is 19.6 Å². The molecule has 0 aliphatic carbocycles. The van der Waals surface area contributed by atoms with Gasteiger partial charge in [-0.2, -0.15) is 5.10 Å². The Labute approximate surface area is 88.0 Å². The number of hydrogen-bond acceptors (Lipinski definition) is 4. The summed E-state index contributed by atoms with van der Waals surface area (Å²) in [6, 6.07) is 0. The van der Waals surface area contributed by atoms with Crippen LogP contribution in [0.25, 0.3) is 0 Å². The smallest absolute Gasteiger partial charge is 0.195 e. The second kappa shape index (κ2) is 5.23. The van der Waals surface area contributed by atoms with Gasteiger partial charge in [0, 0.05) is 14.2 Å². The second-order valence-electron chi connectivity index (χ2n) is 3.00. The minimum absolute atomic E-state index is 0.00278. The topological polar surface area (TPSA) is 52.1 Å². The van der Waals surface area contributed by atoms with Crippen molar-refractivity contribution in [1.82, 2.24) is 14.8 Å². The van der Waals surface area contributed by atoms with Crippen LogP contribution in [0.3, 0.4) is 0 Å². The van der Waals surface area contributed by atoms with E-state index in [0.29, 0.717) is 17.9 Å². The van der Waals surface area contributed by atoms with Gasteiger partial charge in [0.05, 0.1) is 19.3 Å². The molecule has 1 atom stereocenters. The number of nitrogens with zero attached hydrogens (tertiary/aromatic N) is 2. The number of aromatic amines is 1. The highest BCUT2D eigenvalue weighted by molar-refractivity contribution is 7.71. The molecule has 1 unspecified atom stereocenters. The Balaban J connectivity index is 2.71. The minimum Gasteiger partial charge on any atom is -0.382 e. The lowest BCUT2D eigenvalue weighted by molar-refractivity contribution is 0.0178. The molecule has 1 aromatic heterocycles. The van der Waals surface area contributed by atoms with Gasteiger partial charge in [0.15, 0.2) is 4.77 Å². The quantitative estimate of drug-likeness (QED) is 0.745. The summed E-state index contributed by atoms with van der Waals surface area (Å²) in [5.74, 6) is 0.855. The molecule has 0 radical (unpaired) electrons. The fraction of sp³-hybridized carbons (Fsp3) is 0.750. The third-order valence-corrected chi connectivity index (χ3v) is 2.33. The van der Waals surface area contributed by atoms with Crippen LogP contribution < -0.4 is 0 Å². The molecule has 0 aromatic carbocycles. The van der Waals surface area contributed by atoms with Crippen LogP contribution in [0.2, 0.25) is 0 Å². The lowest BCUT2D eigenvalue weighted by Gasteiger charge is -2.15. The fourth-order valence-corrected chi connectivity index (χ4v) is 1.45. The molecule has 5 nitrogen and oxygen atoms in total. The third-order valence-electron chi connectivity index (χ3n) is 2.02. The van der Waals surface area contributed by atoms with Gasteiger partial charge < -0.3 is 14.0 Å². The van der Waals surface area contributed by atoms with Gasteiger partial charge in [-0.1, -0.05) is 0 Å². The van der Waals surface area contributed by atoms with Crippen molar-refractivity contribution in [3.63, 3.8) is 0 Å². The first-order valence-electron chi connectivity index (χ1n) is 4.32. The van der Waals surface area contributed by atoms with Gasteiger partial charge in [-0.15, -0.1) is 0 Å². The number of aromatic nitrogens is 3. The highest BCUT2D eigenvalue weighted by Crippen LogP contribution is 2.01. The first-order valence-corrected chi connectivity index (χ1v) is 4.73. The van der Waals surface area contributed by atoms with Gasteiger partial charge in [-0.3, -0.25) is 5.10 Å². The molecule has 1 aromatic rings. The Morgan fingerprint density at radius 2 is 2.29 bits per heavy atom. The molecular weight excluding hydrogens is 202 g/mol. The van der Waals surface area contributed by atoms with Gasteiger partial charge in [0.25, 0.3) is 0 Å². The number of methoxy groups -OCH3 is 2. The number of ether oxygens (including phenoxy) is 2. The number of hydrogen-bond donors (Lipinski definition) is 1. The van der Waals surface area contributed by atoms with E-state index in [1.807, 2.05) is 11.5 Å². The maximum absolute atomic E-state index is 5.24. The summed E-state index contributed by atoms with van der Waals surface area (Å²) < 4.78 is 12.8. The van der Waals surface area contributed by atoms with Crippen LogP contribution in [-0.2, 0) is 16.0 Å². The molecule has 0 saturated heterocycles. The zero-order valence-electron chi connectivity index (χ0n) is 8.61. The van der Waals surface area contributed by atoms with Crippen LogP contribution in [0.5, 0.6) is 0 Å². The molecule has 0 aliphatic heterocycles. The molecule has 0 fully saturated rings. The molecule has 80 valence electrons. The van der Waals surface area contributed by atoms with Crippen molar-refractivity contribution in [1.29, 1.82) is 0 Å². The number of H-pyrrole nitrogens is 1. The van der Waals surface area contributed by atoms with E-state index in [1.165, 1.54) is 0 Å². The molecule has 0 saturated carbocycles. The zero-order valence-corrected chi connectivity index (χ0v) is 9.43. The monoisotopic (exact) mass is 217 g/mol. The van der Waals surface area contributed by atoms with E-state index in [4.69, 9.17) is 21.7 Å². The van der Waals surface area contributed by atoms with Gasteiger partial charge >= 0.3 is 0 Å². The largest absolute Gasteiger partial charge is 0.382 e. The van der Waals surface area contributed by atoms with Crippen LogP contribution in [0.1, 0.15) is 5.82 Å². The zero-order chi connectivity index (χ0) is 10.6. The van der Waals surface area contributed by atoms with Crippen molar-refractivity contribution >= 4 is 12.2 Å². The van der Waals surface area contributed by atoms with E-state index in [2.05, 4.69) is 10.2 Å². The average molecular weight is 217 g/mol. The van der Waals surface area contributed by atoms with Crippen LogP contribution in [0, 0.1) is 11.7 Å². The maximum atomic E-state index is 5.24. The van der Waals surface area contributed by atoms with E-state index in [1.54, 1.807) is 14.2 Å². The molecular formula is C8H15N3O2S. The van der Waals surface area contributed by atoms with Crippen molar-refractivity contribution in [3.8, 4) is 0 Å². The Bertz CT molecular complexity index is 334. The van der Waals surface area contributed by atoms with Gasteiger partial charge in [0.1, 0.15) is 5.82 Å². The highest BCUT2D eigenvalue weighted by atomic mass is 32.1. The number of rotatable bonds is 5. The van der Waals surface area contributed by atoms with Crippen LogP contribution in [0.4, 0.5) is 0 Å². The maximum Gasteiger partial charge on any atom is 0.195 e. The van der Waals surface area contributed by atoms with Gasteiger partial charge in [-0.25, -0.2) is 0 Å². The molecule has 6 heteroatoms. The van der Waals surface area contributed by atoms with Crippen molar-refractivity contribution in [2.24, 2.45) is 0 Å². The molecule has 1 heterocycles. The third kappa shape index (κ3) is 2.63. The Morgan fingerprint density at radius 1 is 1.57 bits per heavy atom. The lowest BCUT2D eigenvalue weighted by atomic mass is 10.3. The van der Waals surface area contributed by atoms with Crippen molar-refractivity contribution < 1.29 is 9.47 Å². The second-order valence-corrected chi connectivity index (χ2v) is 3.39. The highest BCUT2D eigenvalue weighted by Gasteiger charge is 2.10. The molecule has 1 rings (SSSR count). The molecule has 0 spiro atoms. The van der Waals surface area contributed by atoms with Gasteiger partial charge in [-0.05, 0) is 19.1 Å². The summed E-state index contributed by atoms with van der Waals surface area (Å²) >= 11 is 5.07. The summed E-state index contributed by atoms with van der Waals surface area (Å²) in [5, 5.41) is 6.74. The molecule has 0 bridgehead atoms. The first kappa shape index (κ1) is 11.4. The Hall–Kier alpha value is -0.720. The predicted octanol–water partition coefficient (Wildman–Crippen LogP) is 0.911. The minimum atomic E-state index is 0.00278. The SMILES string of the molecule is COCC(Cn1c(C)n[nH]c1=S)OC. The summed E-state index contributed by atoms with van der Waals surface area (Å²) in [6.07, 6.45) is 0.00278. The Morgan fingerprint density at radius 3 is 2.71 bits per heavy atom. The average Bonchev–Trinajstić information content (AvgIpc) is 2.48. The summed E-state index contributed by atoms with van der Waals surface area (Å²) in [5.41, 5.74) is 0. The molecule has 1 N–H and O–H groups in total. The van der Waals surface area contributed by atoms with Crippen LogP contribution >= 0.6 is 12.2 Å². The van der Waals surface area contributed by atoms with E-state index < -0.39 is 0 Å². The van der Waals surface area contributed by atoms with E-state index in [-0.39, 0.29) is 6.10 Å². The van der Waals surface area contributed by atoms with Gasteiger partial charge in [0.2, 0.25) is 0 Å².